The first-order valence-electron chi connectivity index (χ1n) is 8.46. The van der Waals surface area contributed by atoms with Gasteiger partial charge in [0.2, 0.25) is 6.79 Å². The van der Waals surface area contributed by atoms with E-state index in [0.717, 1.165) is 34.4 Å². The van der Waals surface area contributed by atoms with Gasteiger partial charge in [0.15, 0.2) is 11.5 Å². The lowest BCUT2D eigenvalue weighted by Gasteiger charge is -2.10. The van der Waals surface area contributed by atoms with Gasteiger partial charge in [0, 0.05) is 18.3 Å². The highest BCUT2D eigenvalue weighted by Gasteiger charge is 2.13. The van der Waals surface area contributed by atoms with Gasteiger partial charge in [0.1, 0.15) is 18.0 Å². The third-order valence-electron chi connectivity index (χ3n) is 4.36. The quantitative estimate of drug-likeness (QED) is 0.721. The summed E-state index contributed by atoms with van der Waals surface area (Å²) in [5, 5.41) is 6.63. The molecule has 0 aliphatic carbocycles. The SMILES string of the molecule is Cc1ccc(Nc2cc(NCc3ccc4c(c3)OCO4)ncn2)cc1C. The van der Waals surface area contributed by atoms with E-state index < -0.39 is 0 Å². The summed E-state index contributed by atoms with van der Waals surface area (Å²) in [6.45, 7) is 5.11. The summed E-state index contributed by atoms with van der Waals surface area (Å²) in [5.41, 5.74) is 4.61. The van der Waals surface area contributed by atoms with Crippen LogP contribution in [-0.2, 0) is 6.54 Å². The number of hydrogen-bond donors (Lipinski definition) is 2. The van der Waals surface area contributed by atoms with Gasteiger partial charge in [-0.1, -0.05) is 12.1 Å². The Morgan fingerprint density at radius 1 is 0.885 bits per heavy atom. The molecule has 0 bridgehead atoms. The first-order valence-corrected chi connectivity index (χ1v) is 8.46. The van der Waals surface area contributed by atoms with Gasteiger partial charge in [-0.25, -0.2) is 9.97 Å². The van der Waals surface area contributed by atoms with Gasteiger partial charge >= 0.3 is 0 Å². The minimum atomic E-state index is 0.283. The lowest BCUT2D eigenvalue weighted by molar-refractivity contribution is 0.174. The molecule has 132 valence electrons. The van der Waals surface area contributed by atoms with Gasteiger partial charge in [-0.2, -0.15) is 0 Å². The minimum absolute atomic E-state index is 0.283. The molecule has 2 aromatic carbocycles. The van der Waals surface area contributed by atoms with Crippen LogP contribution in [0.2, 0.25) is 0 Å². The molecular weight excluding hydrogens is 328 g/mol. The van der Waals surface area contributed by atoms with Crippen LogP contribution < -0.4 is 20.1 Å². The zero-order valence-electron chi connectivity index (χ0n) is 14.7. The fourth-order valence-electron chi connectivity index (χ4n) is 2.73. The topological polar surface area (TPSA) is 68.3 Å². The maximum absolute atomic E-state index is 5.41. The van der Waals surface area contributed by atoms with Crippen molar-refractivity contribution in [3.05, 3.63) is 65.5 Å². The van der Waals surface area contributed by atoms with E-state index in [2.05, 4.69) is 46.6 Å². The maximum atomic E-state index is 5.41. The van der Waals surface area contributed by atoms with Crippen LogP contribution in [-0.4, -0.2) is 16.8 Å². The van der Waals surface area contributed by atoms with Crippen LogP contribution in [0.1, 0.15) is 16.7 Å². The summed E-state index contributed by atoms with van der Waals surface area (Å²) in [6.07, 6.45) is 1.55. The van der Waals surface area contributed by atoms with E-state index in [1.807, 2.05) is 30.3 Å². The molecular formula is C20H20N4O2. The van der Waals surface area contributed by atoms with Crippen LogP contribution >= 0.6 is 0 Å². The van der Waals surface area contributed by atoms with Gasteiger partial charge in [-0.15, -0.1) is 0 Å². The van der Waals surface area contributed by atoms with Gasteiger partial charge in [0.25, 0.3) is 0 Å². The van der Waals surface area contributed by atoms with Gasteiger partial charge in [0.05, 0.1) is 0 Å². The molecule has 0 spiro atoms. The van der Waals surface area contributed by atoms with Crippen molar-refractivity contribution < 1.29 is 9.47 Å². The largest absolute Gasteiger partial charge is 0.454 e. The van der Waals surface area contributed by atoms with Crippen molar-refractivity contribution in [3.8, 4) is 11.5 Å². The van der Waals surface area contributed by atoms with Crippen molar-refractivity contribution >= 4 is 17.3 Å². The molecule has 0 radical (unpaired) electrons. The number of anilines is 3. The Kier molecular flexibility index (Phi) is 4.31. The molecule has 0 saturated heterocycles. The van der Waals surface area contributed by atoms with Gasteiger partial charge < -0.3 is 20.1 Å². The van der Waals surface area contributed by atoms with E-state index in [1.165, 1.54) is 11.1 Å². The van der Waals surface area contributed by atoms with E-state index >= 15 is 0 Å². The van der Waals surface area contributed by atoms with E-state index in [9.17, 15) is 0 Å². The molecule has 6 heteroatoms. The number of fused-ring (bicyclic) bond motifs is 1. The van der Waals surface area contributed by atoms with E-state index in [-0.39, 0.29) is 6.79 Å². The monoisotopic (exact) mass is 348 g/mol. The van der Waals surface area contributed by atoms with Crippen LogP contribution in [0, 0.1) is 13.8 Å². The predicted molar refractivity (Wildman–Crippen MR) is 101 cm³/mol. The third-order valence-corrected chi connectivity index (χ3v) is 4.36. The number of aromatic nitrogens is 2. The van der Waals surface area contributed by atoms with E-state index in [0.29, 0.717) is 6.54 Å². The van der Waals surface area contributed by atoms with Crippen LogP contribution in [0.3, 0.4) is 0 Å². The van der Waals surface area contributed by atoms with Crippen molar-refractivity contribution in [2.45, 2.75) is 20.4 Å². The normalized spacial score (nSPS) is 12.1. The molecule has 1 aromatic heterocycles. The average Bonchev–Trinajstić information content (AvgIpc) is 3.11. The number of hydrogen-bond acceptors (Lipinski definition) is 6. The number of nitrogens with one attached hydrogen (secondary N) is 2. The molecule has 6 nitrogen and oxygen atoms in total. The summed E-state index contributed by atoms with van der Waals surface area (Å²) in [4.78, 5) is 8.57. The Bertz CT molecular complexity index is 943. The molecule has 0 atom stereocenters. The molecule has 1 aliphatic rings. The fraction of sp³-hybridized carbons (Fsp3) is 0.200. The maximum Gasteiger partial charge on any atom is 0.231 e. The lowest BCUT2D eigenvalue weighted by atomic mass is 10.1. The fourth-order valence-corrected chi connectivity index (χ4v) is 2.73. The molecule has 2 heterocycles. The lowest BCUT2D eigenvalue weighted by Crippen LogP contribution is -2.03. The number of benzene rings is 2. The molecule has 26 heavy (non-hydrogen) atoms. The van der Waals surface area contributed by atoms with E-state index in [1.54, 1.807) is 6.33 Å². The molecule has 0 saturated carbocycles. The Morgan fingerprint density at radius 3 is 2.62 bits per heavy atom. The highest BCUT2D eigenvalue weighted by molar-refractivity contribution is 5.60. The van der Waals surface area contributed by atoms with Gasteiger partial charge in [-0.05, 0) is 54.8 Å². The number of rotatable bonds is 5. The Balaban J connectivity index is 1.43. The summed E-state index contributed by atoms with van der Waals surface area (Å²) in [6, 6.07) is 14.0. The predicted octanol–water partition coefficient (Wildman–Crippen LogP) is 4.18. The number of nitrogens with zero attached hydrogens (tertiary/aromatic N) is 2. The molecule has 4 rings (SSSR count). The first-order chi connectivity index (χ1) is 12.7. The summed E-state index contributed by atoms with van der Waals surface area (Å²) < 4.78 is 10.7. The smallest absolute Gasteiger partial charge is 0.231 e. The number of aryl methyl sites for hydroxylation is 2. The summed E-state index contributed by atoms with van der Waals surface area (Å²) >= 11 is 0. The van der Waals surface area contributed by atoms with E-state index in [4.69, 9.17) is 9.47 Å². The van der Waals surface area contributed by atoms with Crippen LogP contribution in [0.15, 0.2) is 48.8 Å². The molecule has 2 N–H and O–H groups in total. The Labute approximate surface area is 152 Å². The second-order valence-electron chi connectivity index (χ2n) is 6.25. The van der Waals surface area contributed by atoms with Gasteiger partial charge in [-0.3, -0.25) is 0 Å². The third kappa shape index (κ3) is 3.54. The van der Waals surface area contributed by atoms with Crippen molar-refractivity contribution in [1.29, 1.82) is 0 Å². The Morgan fingerprint density at radius 2 is 1.73 bits per heavy atom. The van der Waals surface area contributed by atoms with Crippen LogP contribution in [0.4, 0.5) is 17.3 Å². The highest BCUT2D eigenvalue weighted by atomic mass is 16.7. The summed E-state index contributed by atoms with van der Waals surface area (Å²) in [5.74, 6) is 3.07. The second-order valence-corrected chi connectivity index (χ2v) is 6.25. The minimum Gasteiger partial charge on any atom is -0.454 e. The van der Waals surface area contributed by atoms with Crippen LogP contribution in [0.25, 0.3) is 0 Å². The zero-order chi connectivity index (χ0) is 17.9. The van der Waals surface area contributed by atoms with Crippen molar-refractivity contribution in [3.63, 3.8) is 0 Å². The molecule has 3 aromatic rings. The molecule has 0 fully saturated rings. The van der Waals surface area contributed by atoms with Crippen molar-refractivity contribution in [2.75, 3.05) is 17.4 Å². The Hall–Kier alpha value is -3.28. The van der Waals surface area contributed by atoms with Crippen molar-refractivity contribution in [1.82, 2.24) is 9.97 Å². The average molecular weight is 348 g/mol. The second kappa shape index (κ2) is 6.92. The van der Waals surface area contributed by atoms with Crippen molar-refractivity contribution in [2.24, 2.45) is 0 Å². The molecule has 0 amide bonds. The molecule has 0 unspecified atom stereocenters. The number of ether oxygens (including phenoxy) is 2. The summed E-state index contributed by atoms with van der Waals surface area (Å²) in [7, 11) is 0. The standard InChI is InChI=1S/C20H20N4O2/c1-13-3-5-16(7-14(13)2)24-20-9-19(22-11-23-20)21-10-15-4-6-17-18(8-15)26-12-25-17/h3-9,11H,10,12H2,1-2H3,(H2,21,22,23,24). The first kappa shape index (κ1) is 16.2. The zero-order valence-corrected chi connectivity index (χ0v) is 14.7. The highest BCUT2D eigenvalue weighted by Crippen LogP contribution is 2.32. The van der Waals surface area contributed by atoms with Crippen LogP contribution in [0.5, 0.6) is 11.5 Å². The molecule has 1 aliphatic heterocycles.